The molecule has 0 saturated heterocycles. The Balaban J connectivity index is 2.71. The minimum atomic E-state index is -1.14. The lowest BCUT2D eigenvalue weighted by Gasteiger charge is -2.30. The van der Waals surface area contributed by atoms with Crippen molar-refractivity contribution >= 4 is 18.0 Å². The highest BCUT2D eigenvalue weighted by Gasteiger charge is 2.32. The van der Waals surface area contributed by atoms with Crippen LogP contribution in [0.1, 0.15) is 26.3 Å². The van der Waals surface area contributed by atoms with Crippen LogP contribution in [0, 0.1) is 5.92 Å². The Hall–Kier alpha value is -2.57. The van der Waals surface area contributed by atoms with Gasteiger partial charge in [0.25, 0.3) is 0 Å². The van der Waals surface area contributed by atoms with Crippen molar-refractivity contribution in [1.82, 2.24) is 10.2 Å². The maximum atomic E-state index is 12.3. The molecule has 0 bridgehead atoms. The quantitative estimate of drug-likeness (QED) is 0.792. The number of amides is 2. The Bertz CT molecular complexity index is 574. The maximum Gasteiger partial charge on any atom is 0.410 e. The van der Waals surface area contributed by atoms with Gasteiger partial charge in [0, 0.05) is 7.05 Å². The molecule has 0 spiro atoms. The summed E-state index contributed by atoms with van der Waals surface area (Å²) < 4.78 is 5.21. The molecule has 1 rings (SSSR count). The number of hydrogen-bond donors (Lipinski definition) is 2. The fourth-order valence-electron chi connectivity index (χ4n) is 2.22. The maximum absolute atomic E-state index is 12.3. The molecule has 1 aromatic carbocycles. The number of carboxylic acids is 1. The van der Waals surface area contributed by atoms with Crippen molar-refractivity contribution < 1.29 is 24.2 Å². The molecule has 1 aromatic rings. The molecule has 0 aliphatic rings. The zero-order valence-electron chi connectivity index (χ0n) is 14.4. The summed E-state index contributed by atoms with van der Waals surface area (Å²) in [5.74, 6) is -1.88. The fraction of sp³-hybridized carbons (Fsp3) is 0.471. The lowest BCUT2D eigenvalue weighted by atomic mass is 10.0. The van der Waals surface area contributed by atoms with Gasteiger partial charge in [-0.05, 0) is 18.4 Å². The molecular formula is C17H24N2O5. The molecule has 132 valence electrons. The normalized spacial score (nSPS) is 13.0. The summed E-state index contributed by atoms with van der Waals surface area (Å²) in [5, 5.41) is 11.3. The van der Waals surface area contributed by atoms with Crippen LogP contribution in [-0.2, 0) is 20.9 Å². The van der Waals surface area contributed by atoms with E-state index in [-0.39, 0.29) is 12.5 Å². The van der Waals surface area contributed by atoms with Crippen molar-refractivity contribution in [3.63, 3.8) is 0 Å². The van der Waals surface area contributed by atoms with Crippen molar-refractivity contribution in [3.8, 4) is 0 Å². The molecule has 0 radical (unpaired) electrons. The van der Waals surface area contributed by atoms with Crippen molar-refractivity contribution in [2.75, 3.05) is 7.05 Å². The van der Waals surface area contributed by atoms with Crippen LogP contribution < -0.4 is 5.32 Å². The van der Waals surface area contributed by atoms with Crippen LogP contribution in [0.25, 0.3) is 0 Å². The van der Waals surface area contributed by atoms with E-state index >= 15 is 0 Å². The topological polar surface area (TPSA) is 95.9 Å². The molecule has 2 N–H and O–H groups in total. The number of hydrogen-bond acceptors (Lipinski definition) is 4. The number of carbonyl (C=O) groups excluding carboxylic acids is 2. The summed E-state index contributed by atoms with van der Waals surface area (Å²) >= 11 is 0. The van der Waals surface area contributed by atoms with E-state index in [2.05, 4.69) is 5.32 Å². The first-order valence-corrected chi connectivity index (χ1v) is 7.70. The van der Waals surface area contributed by atoms with Gasteiger partial charge >= 0.3 is 12.1 Å². The minimum absolute atomic E-state index is 0.0992. The Kier molecular flexibility index (Phi) is 7.23. The lowest BCUT2D eigenvalue weighted by Crippen LogP contribution is -2.53. The van der Waals surface area contributed by atoms with Crippen molar-refractivity contribution in [1.29, 1.82) is 0 Å². The first-order chi connectivity index (χ1) is 11.2. The third-order valence-corrected chi connectivity index (χ3v) is 3.54. The summed E-state index contributed by atoms with van der Waals surface area (Å²) in [7, 11) is 1.46. The first-order valence-electron chi connectivity index (χ1n) is 7.70. The second kappa shape index (κ2) is 8.90. The second-order valence-corrected chi connectivity index (χ2v) is 5.91. The van der Waals surface area contributed by atoms with Gasteiger partial charge in [-0.15, -0.1) is 0 Å². The Morgan fingerprint density at radius 3 is 2.25 bits per heavy atom. The molecule has 0 aliphatic carbocycles. The highest BCUT2D eigenvalue weighted by atomic mass is 16.6. The van der Waals surface area contributed by atoms with Gasteiger partial charge in [-0.1, -0.05) is 44.2 Å². The summed E-state index contributed by atoms with van der Waals surface area (Å²) in [6.45, 7) is 5.01. The third-order valence-electron chi connectivity index (χ3n) is 3.54. The number of likely N-dealkylation sites (N-methyl/N-ethyl adjacent to an activating group) is 1. The Labute approximate surface area is 141 Å². The molecule has 0 heterocycles. The molecule has 0 unspecified atom stereocenters. The third kappa shape index (κ3) is 5.57. The van der Waals surface area contributed by atoms with Crippen molar-refractivity contribution in [3.05, 3.63) is 35.9 Å². The molecule has 24 heavy (non-hydrogen) atoms. The van der Waals surface area contributed by atoms with Crippen LogP contribution in [-0.4, -0.2) is 47.1 Å². The van der Waals surface area contributed by atoms with Crippen LogP contribution in [0.2, 0.25) is 0 Å². The van der Waals surface area contributed by atoms with E-state index in [1.165, 1.54) is 18.9 Å². The minimum Gasteiger partial charge on any atom is -0.480 e. The highest BCUT2D eigenvalue weighted by molar-refractivity contribution is 5.89. The van der Waals surface area contributed by atoms with Crippen LogP contribution in [0.15, 0.2) is 30.3 Å². The van der Waals surface area contributed by atoms with Gasteiger partial charge in [-0.3, -0.25) is 14.5 Å². The standard InChI is InChI=1S/C17H24N2O5/c1-11(2)14(15(20)18-12(3)16(21)22)19(4)17(23)24-10-13-8-6-5-7-9-13/h5-9,11-12,14H,10H2,1-4H3,(H,18,20)(H,21,22)/t12-,14-/m0/s1. The summed E-state index contributed by atoms with van der Waals surface area (Å²) in [5.41, 5.74) is 0.837. The number of benzene rings is 1. The number of nitrogens with zero attached hydrogens (tertiary/aromatic N) is 1. The van der Waals surface area contributed by atoms with Gasteiger partial charge in [-0.25, -0.2) is 4.79 Å². The Morgan fingerprint density at radius 2 is 1.75 bits per heavy atom. The van der Waals surface area contributed by atoms with E-state index in [0.29, 0.717) is 0 Å². The number of rotatable bonds is 7. The SMILES string of the molecule is CC(C)[C@@H](C(=O)N[C@@H](C)C(=O)O)N(C)C(=O)OCc1ccccc1. The fourth-order valence-corrected chi connectivity index (χ4v) is 2.22. The average molecular weight is 336 g/mol. The van der Waals surface area contributed by atoms with Crippen LogP contribution >= 0.6 is 0 Å². The van der Waals surface area contributed by atoms with Gasteiger partial charge < -0.3 is 15.2 Å². The zero-order chi connectivity index (χ0) is 18.3. The van der Waals surface area contributed by atoms with Gasteiger partial charge in [0.05, 0.1) is 0 Å². The number of ether oxygens (including phenoxy) is 1. The summed E-state index contributed by atoms with van der Waals surface area (Å²) in [4.78, 5) is 36.6. The average Bonchev–Trinajstić information content (AvgIpc) is 2.52. The zero-order valence-corrected chi connectivity index (χ0v) is 14.4. The largest absolute Gasteiger partial charge is 0.480 e. The van der Waals surface area contributed by atoms with Gasteiger partial charge in [-0.2, -0.15) is 0 Å². The monoisotopic (exact) mass is 336 g/mol. The molecule has 0 fully saturated rings. The van der Waals surface area contributed by atoms with Crippen molar-refractivity contribution in [2.45, 2.75) is 39.5 Å². The summed E-state index contributed by atoms with van der Waals surface area (Å²) in [6, 6.07) is 7.33. The van der Waals surface area contributed by atoms with Crippen LogP contribution in [0.4, 0.5) is 4.79 Å². The molecule has 2 atom stereocenters. The van der Waals surface area contributed by atoms with E-state index in [1.807, 2.05) is 30.3 Å². The van der Waals surface area contributed by atoms with Gasteiger partial charge in [0.15, 0.2) is 0 Å². The molecule has 0 aliphatic heterocycles. The Morgan fingerprint density at radius 1 is 1.17 bits per heavy atom. The van der Waals surface area contributed by atoms with E-state index in [0.717, 1.165) is 5.56 Å². The van der Waals surface area contributed by atoms with Crippen LogP contribution in [0.3, 0.4) is 0 Å². The van der Waals surface area contributed by atoms with Gasteiger partial charge in [0.1, 0.15) is 18.7 Å². The van der Waals surface area contributed by atoms with E-state index < -0.39 is 30.1 Å². The molecule has 7 heteroatoms. The summed E-state index contributed by atoms with van der Waals surface area (Å²) in [6.07, 6.45) is -0.643. The first kappa shape index (κ1) is 19.5. The predicted molar refractivity (Wildman–Crippen MR) is 88.3 cm³/mol. The van der Waals surface area contributed by atoms with E-state index in [1.54, 1.807) is 13.8 Å². The van der Waals surface area contributed by atoms with E-state index in [9.17, 15) is 14.4 Å². The predicted octanol–water partition coefficient (Wildman–Crippen LogP) is 1.87. The highest BCUT2D eigenvalue weighted by Crippen LogP contribution is 2.12. The molecular weight excluding hydrogens is 312 g/mol. The number of carbonyl (C=O) groups is 3. The molecule has 7 nitrogen and oxygen atoms in total. The van der Waals surface area contributed by atoms with Gasteiger partial charge in [0.2, 0.25) is 5.91 Å². The lowest BCUT2D eigenvalue weighted by molar-refractivity contribution is -0.142. The van der Waals surface area contributed by atoms with Crippen LogP contribution in [0.5, 0.6) is 0 Å². The van der Waals surface area contributed by atoms with Crippen molar-refractivity contribution in [2.24, 2.45) is 5.92 Å². The number of aliphatic carboxylic acids is 1. The smallest absolute Gasteiger partial charge is 0.410 e. The molecule has 0 saturated carbocycles. The number of carboxylic acid groups (broad SMARTS) is 1. The van der Waals surface area contributed by atoms with E-state index in [4.69, 9.17) is 9.84 Å². The molecule has 0 aromatic heterocycles. The second-order valence-electron chi connectivity index (χ2n) is 5.91. The molecule has 2 amide bonds. The number of nitrogens with one attached hydrogen (secondary N) is 1.